The Labute approximate surface area is 111 Å². The van der Waals surface area contributed by atoms with Crippen LogP contribution in [-0.2, 0) is 13.6 Å². The number of hydrogen-bond donors (Lipinski definition) is 1. The summed E-state index contributed by atoms with van der Waals surface area (Å²) in [5, 5.41) is 0. The molecule has 100 valence electrons. The van der Waals surface area contributed by atoms with E-state index in [0.717, 1.165) is 5.82 Å². The van der Waals surface area contributed by atoms with Gasteiger partial charge in [-0.05, 0) is 13.0 Å². The molecule has 2 rings (SSSR count). The molecule has 0 unspecified atom stereocenters. The van der Waals surface area contributed by atoms with Gasteiger partial charge in [0.1, 0.15) is 5.82 Å². The zero-order chi connectivity index (χ0) is 14.0. The Morgan fingerprint density at radius 3 is 2.84 bits per heavy atom. The predicted molar refractivity (Wildman–Crippen MR) is 72.4 cm³/mol. The Kier molecular flexibility index (Phi) is 3.50. The number of nitrogens with zero attached hydrogens (tertiary/aromatic N) is 4. The zero-order valence-corrected chi connectivity index (χ0v) is 11.3. The van der Waals surface area contributed by atoms with Crippen LogP contribution in [0.5, 0.6) is 0 Å². The summed E-state index contributed by atoms with van der Waals surface area (Å²) >= 11 is 0. The minimum absolute atomic E-state index is 0.111. The first-order chi connectivity index (χ1) is 8.99. The van der Waals surface area contributed by atoms with E-state index in [9.17, 15) is 4.79 Å². The first-order valence-corrected chi connectivity index (χ1v) is 5.93. The van der Waals surface area contributed by atoms with Crippen molar-refractivity contribution in [2.45, 2.75) is 13.5 Å². The van der Waals surface area contributed by atoms with Crippen LogP contribution in [-0.4, -0.2) is 32.4 Å². The molecule has 6 heteroatoms. The number of amides is 1. The Morgan fingerprint density at radius 1 is 1.47 bits per heavy atom. The van der Waals surface area contributed by atoms with Crippen LogP contribution in [0.25, 0.3) is 0 Å². The standard InChI is InChI=1S/C13H17N5O/c1-9-11(6-10(14)7-16-9)13(19)18(3)8-12-15-4-5-17(12)2/h4-7H,8,14H2,1-3H3. The minimum Gasteiger partial charge on any atom is -0.397 e. The molecular weight excluding hydrogens is 242 g/mol. The van der Waals surface area contributed by atoms with E-state index in [2.05, 4.69) is 9.97 Å². The number of pyridine rings is 1. The summed E-state index contributed by atoms with van der Waals surface area (Å²) in [7, 11) is 3.63. The van der Waals surface area contributed by atoms with Crippen LogP contribution in [0, 0.1) is 6.92 Å². The third-order valence-corrected chi connectivity index (χ3v) is 2.98. The molecule has 0 saturated carbocycles. The van der Waals surface area contributed by atoms with E-state index in [0.29, 0.717) is 23.5 Å². The Morgan fingerprint density at radius 2 is 2.21 bits per heavy atom. The van der Waals surface area contributed by atoms with Crippen molar-refractivity contribution in [2.24, 2.45) is 7.05 Å². The summed E-state index contributed by atoms with van der Waals surface area (Å²) < 4.78 is 1.88. The lowest BCUT2D eigenvalue weighted by molar-refractivity contribution is 0.0779. The Balaban J connectivity index is 2.19. The van der Waals surface area contributed by atoms with Gasteiger partial charge in [-0.25, -0.2) is 4.98 Å². The molecule has 0 radical (unpaired) electrons. The number of imidazole rings is 1. The van der Waals surface area contributed by atoms with E-state index in [1.807, 2.05) is 17.8 Å². The monoisotopic (exact) mass is 259 g/mol. The molecular formula is C13H17N5O. The van der Waals surface area contributed by atoms with E-state index < -0.39 is 0 Å². The molecule has 0 aliphatic heterocycles. The third kappa shape index (κ3) is 2.73. The Bertz CT molecular complexity index is 605. The van der Waals surface area contributed by atoms with E-state index in [1.165, 1.54) is 0 Å². The van der Waals surface area contributed by atoms with Gasteiger partial charge in [-0.3, -0.25) is 9.78 Å². The van der Waals surface area contributed by atoms with Gasteiger partial charge in [0.05, 0.1) is 29.7 Å². The highest BCUT2D eigenvalue weighted by molar-refractivity contribution is 5.95. The van der Waals surface area contributed by atoms with Crippen LogP contribution >= 0.6 is 0 Å². The number of rotatable bonds is 3. The van der Waals surface area contributed by atoms with E-state index >= 15 is 0 Å². The maximum absolute atomic E-state index is 12.3. The molecule has 0 aromatic carbocycles. The second kappa shape index (κ2) is 5.09. The number of nitrogens with two attached hydrogens (primary N) is 1. The van der Waals surface area contributed by atoms with Crippen molar-refractivity contribution in [3.8, 4) is 0 Å². The molecule has 6 nitrogen and oxygen atoms in total. The molecule has 0 saturated heterocycles. The quantitative estimate of drug-likeness (QED) is 0.891. The van der Waals surface area contributed by atoms with Crippen LogP contribution in [0.4, 0.5) is 5.69 Å². The van der Waals surface area contributed by atoms with Crippen molar-refractivity contribution in [1.29, 1.82) is 0 Å². The normalized spacial score (nSPS) is 10.5. The van der Waals surface area contributed by atoms with Crippen LogP contribution in [0.15, 0.2) is 24.7 Å². The molecule has 2 heterocycles. The average molecular weight is 259 g/mol. The molecule has 0 atom stereocenters. The number of hydrogen-bond acceptors (Lipinski definition) is 4. The summed E-state index contributed by atoms with van der Waals surface area (Å²) in [6.45, 7) is 2.23. The predicted octanol–water partition coefficient (Wildman–Crippen LogP) is 0.978. The van der Waals surface area contributed by atoms with E-state index in [1.54, 1.807) is 37.3 Å². The van der Waals surface area contributed by atoms with Gasteiger partial charge in [0, 0.05) is 26.5 Å². The summed E-state index contributed by atoms with van der Waals surface area (Å²) in [5.74, 6) is 0.714. The zero-order valence-electron chi connectivity index (χ0n) is 11.3. The fourth-order valence-electron chi connectivity index (χ4n) is 1.80. The molecule has 0 fully saturated rings. The molecule has 2 aromatic heterocycles. The highest BCUT2D eigenvalue weighted by Crippen LogP contribution is 2.13. The summed E-state index contributed by atoms with van der Waals surface area (Å²) in [6, 6.07) is 1.65. The van der Waals surface area contributed by atoms with Crippen molar-refractivity contribution in [1.82, 2.24) is 19.4 Å². The number of anilines is 1. The van der Waals surface area contributed by atoms with Crippen LogP contribution in [0.2, 0.25) is 0 Å². The Hall–Kier alpha value is -2.37. The van der Waals surface area contributed by atoms with Gasteiger partial charge < -0.3 is 15.2 Å². The fourth-order valence-corrected chi connectivity index (χ4v) is 1.80. The molecule has 2 aromatic rings. The van der Waals surface area contributed by atoms with Gasteiger partial charge in [0.2, 0.25) is 0 Å². The number of carbonyl (C=O) groups excluding carboxylic acids is 1. The topological polar surface area (TPSA) is 77.0 Å². The summed E-state index contributed by atoms with van der Waals surface area (Å²) in [4.78, 5) is 22.3. The fraction of sp³-hybridized carbons (Fsp3) is 0.308. The first-order valence-electron chi connectivity index (χ1n) is 5.93. The van der Waals surface area contributed by atoms with Crippen molar-refractivity contribution >= 4 is 11.6 Å². The lowest BCUT2D eigenvalue weighted by atomic mass is 10.1. The third-order valence-electron chi connectivity index (χ3n) is 2.98. The highest BCUT2D eigenvalue weighted by atomic mass is 16.2. The van der Waals surface area contributed by atoms with E-state index in [4.69, 9.17) is 5.73 Å². The molecule has 0 spiro atoms. The lowest BCUT2D eigenvalue weighted by Crippen LogP contribution is -2.28. The van der Waals surface area contributed by atoms with Crippen molar-refractivity contribution in [2.75, 3.05) is 12.8 Å². The first kappa shape index (κ1) is 13.1. The maximum Gasteiger partial charge on any atom is 0.255 e. The largest absolute Gasteiger partial charge is 0.397 e. The number of nitrogen functional groups attached to an aromatic ring is 1. The summed E-state index contributed by atoms with van der Waals surface area (Å²) in [6.07, 6.45) is 5.10. The molecule has 2 N–H and O–H groups in total. The molecule has 19 heavy (non-hydrogen) atoms. The lowest BCUT2D eigenvalue weighted by Gasteiger charge is -2.18. The van der Waals surface area contributed by atoms with Gasteiger partial charge in [0.15, 0.2) is 0 Å². The number of carbonyl (C=O) groups is 1. The SMILES string of the molecule is Cc1ncc(N)cc1C(=O)N(C)Cc1nccn1C. The van der Waals surface area contributed by atoms with Crippen molar-refractivity contribution < 1.29 is 4.79 Å². The molecule has 0 aliphatic carbocycles. The van der Waals surface area contributed by atoms with E-state index in [-0.39, 0.29) is 5.91 Å². The molecule has 0 bridgehead atoms. The molecule has 1 amide bonds. The maximum atomic E-state index is 12.3. The van der Waals surface area contributed by atoms with Gasteiger partial charge in [-0.2, -0.15) is 0 Å². The van der Waals surface area contributed by atoms with Crippen LogP contribution in [0.1, 0.15) is 21.9 Å². The van der Waals surface area contributed by atoms with Crippen molar-refractivity contribution in [3.63, 3.8) is 0 Å². The van der Waals surface area contributed by atoms with Crippen LogP contribution in [0.3, 0.4) is 0 Å². The van der Waals surface area contributed by atoms with Gasteiger partial charge >= 0.3 is 0 Å². The number of aromatic nitrogens is 3. The summed E-state index contributed by atoms with van der Waals surface area (Å²) in [5.41, 5.74) is 7.36. The van der Waals surface area contributed by atoms with Crippen molar-refractivity contribution in [3.05, 3.63) is 41.7 Å². The minimum atomic E-state index is -0.111. The second-order valence-electron chi connectivity index (χ2n) is 4.52. The van der Waals surface area contributed by atoms with Crippen LogP contribution < -0.4 is 5.73 Å². The second-order valence-corrected chi connectivity index (χ2v) is 4.52. The highest BCUT2D eigenvalue weighted by Gasteiger charge is 2.16. The van der Waals surface area contributed by atoms with Gasteiger partial charge in [-0.1, -0.05) is 0 Å². The van der Waals surface area contributed by atoms with Gasteiger partial charge in [0.25, 0.3) is 5.91 Å². The number of aryl methyl sites for hydroxylation is 2. The smallest absolute Gasteiger partial charge is 0.255 e. The molecule has 0 aliphatic rings. The average Bonchev–Trinajstić information content (AvgIpc) is 2.77. The van der Waals surface area contributed by atoms with Gasteiger partial charge in [-0.15, -0.1) is 0 Å².